The van der Waals surface area contributed by atoms with Gasteiger partial charge < -0.3 is 15.2 Å². The van der Waals surface area contributed by atoms with Crippen molar-refractivity contribution in [1.29, 1.82) is 0 Å². The van der Waals surface area contributed by atoms with Crippen LogP contribution in [0.1, 0.15) is 0 Å². The molecule has 0 fully saturated rings. The van der Waals surface area contributed by atoms with Crippen LogP contribution in [0.3, 0.4) is 0 Å². The van der Waals surface area contributed by atoms with Gasteiger partial charge in [0, 0.05) is 11.6 Å². The molecule has 0 spiro atoms. The second-order valence-corrected chi connectivity index (χ2v) is 4.27. The Morgan fingerprint density at radius 2 is 2.11 bits per heavy atom. The molecule has 0 radical (unpaired) electrons. The van der Waals surface area contributed by atoms with Crippen LogP contribution in [-0.4, -0.2) is 24.4 Å². The number of halogens is 2. The van der Waals surface area contributed by atoms with Crippen molar-refractivity contribution >= 4 is 21.7 Å². The van der Waals surface area contributed by atoms with Crippen molar-refractivity contribution in [2.45, 2.75) is 0 Å². The average Bonchev–Trinajstić information content (AvgIpc) is 2.78. The SMILES string of the molecule is COc1cc(F)c(Br)c(-c2cn[nH]c2N)c1OC. The fourth-order valence-corrected chi connectivity index (χ4v) is 2.18. The van der Waals surface area contributed by atoms with E-state index in [2.05, 4.69) is 26.1 Å². The monoisotopic (exact) mass is 315 g/mol. The summed E-state index contributed by atoms with van der Waals surface area (Å²) >= 11 is 3.18. The molecule has 0 unspecified atom stereocenters. The van der Waals surface area contributed by atoms with Gasteiger partial charge >= 0.3 is 0 Å². The zero-order valence-electron chi connectivity index (χ0n) is 9.75. The lowest BCUT2D eigenvalue weighted by atomic mass is 10.1. The van der Waals surface area contributed by atoms with Crippen LogP contribution >= 0.6 is 15.9 Å². The normalized spacial score (nSPS) is 10.4. The smallest absolute Gasteiger partial charge is 0.170 e. The van der Waals surface area contributed by atoms with Gasteiger partial charge in [-0.25, -0.2) is 4.39 Å². The number of nitrogens with two attached hydrogens (primary N) is 1. The van der Waals surface area contributed by atoms with E-state index in [0.29, 0.717) is 22.7 Å². The number of benzene rings is 1. The standard InChI is InChI=1S/C11H11BrFN3O2/c1-17-7-3-6(13)9(12)8(10(7)18-2)5-4-15-16-11(5)14/h3-4H,1-2H3,(H3,14,15,16). The summed E-state index contributed by atoms with van der Waals surface area (Å²) in [6.07, 6.45) is 1.50. The first-order valence-electron chi connectivity index (χ1n) is 4.99. The molecule has 0 atom stereocenters. The minimum absolute atomic E-state index is 0.244. The highest BCUT2D eigenvalue weighted by atomic mass is 79.9. The second-order valence-electron chi connectivity index (χ2n) is 3.48. The van der Waals surface area contributed by atoms with Crippen LogP contribution in [0.15, 0.2) is 16.7 Å². The molecule has 1 aromatic carbocycles. The number of aromatic nitrogens is 2. The number of hydrogen-bond acceptors (Lipinski definition) is 4. The molecule has 7 heteroatoms. The number of nitrogen functional groups attached to an aromatic ring is 1. The lowest BCUT2D eigenvalue weighted by Gasteiger charge is -2.14. The first-order valence-corrected chi connectivity index (χ1v) is 5.78. The van der Waals surface area contributed by atoms with Crippen LogP contribution in [-0.2, 0) is 0 Å². The first kappa shape index (κ1) is 12.7. The Balaban J connectivity index is 2.79. The Morgan fingerprint density at radius 1 is 1.39 bits per heavy atom. The molecule has 3 N–H and O–H groups in total. The Labute approximate surface area is 111 Å². The molecular formula is C11H11BrFN3O2. The maximum Gasteiger partial charge on any atom is 0.170 e. The number of hydrogen-bond donors (Lipinski definition) is 2. The van der Waals surface area contributed by atoms with Crippen LogP contribution in [0, 0.1) is 5.82 Å². The summed E-state index contributed by atoms with van der Waals surface area (Å²) in [6.45, 7) is 0. The molecule has 2 aromatic rings. The summed E-state index contributed by atoms with van der Waals surface area (Å²) in [5.74, 6) is 0.526. The highest BCUT2D eigenvalue weighted by Crippen LogP contribution is 2.45. The number of nitrogens with one attached hydrogen (secondary N) is 1. The Bertz CT molecular complexity index is 586. The zero-order chi connectivity index (χ0) is 13.3. The van der Waals surface area contributed by atoms with Gasteiger partial charge in [-0.15, -0.1) is 0 Å². The van der Waals surface area contributed by atoms with Crippen molar-refractivity contribution < 1.29 is 13.9 Å². The summed E-state index contributed by atoms with van der Waals surface area (Å²) in [4.78, 5) is 0. The molecular weight excluding hydrogens is 305 g/mol. The molecule has 1 heterocycles. The van der Waals surface area contributed by atoms with Gasteiger partial charge in [0.05, 0.1) is 30.5 Å². The maximum atomic E-state index is 13.8. The van der Waals surface area contributed by atoms with Gasteiger partial charge in [0.15, 0.2) is 11.5 Å². The summed E-state index contributed by atoms with van der Waals surface area (Å²) in [6, 6.07) is 1.24. The van der Waals surface area contributed by atoms with Gasteiger partial charge in [-0.2, -0.15) is 5.10 Å². The van der Waals surface area contributed by atoms with Crippen LogP contribution in [0.4, 0.5) is 10.2 Å². The van der Waals surface area contributed by atoms with Gasteiger partial charge in [-0.1, -0.05) is 0 Å². The van der Waals surface area contributed by atoms with E-state index in [0.717, 1.165) is 0 Å². The molecule has 0 amide bonds. The van der Waals surface area contributed by atoms with Crippen molar-refractivity contribution in [3.8, 4) is 22.6 Å². The number of anilines is 1. The van der Waals surface area contributed by atoms with Crippen molar-refractivity contribution in [2.75, 3.05) is 20.0 Å². The molecule has 0 bridgehead atoms. The van der Waals surface area contributed by atoms with Crippen LogP contribution < -0.4 is 15.2 Å². The molecule has 0 saturated carbocycles. The van der Waals surface area contributed by atoms with Gasteiger partial charge in [-0.3, -0.25) is 5.10 Å². The lowest BCUT2D eigenvalue weighted by molar-refractivity contribution is 0.353. The summed E-state index contributed by atoms with van der Waals surface area (Å²) < 4.78 is 24.4. The van der Waals surface area contributed by atoms with Gasteiger partial charge in [0.2, 0.25) is 0 Å². The minimum atomic E-state index is -0.469. The fraction of sp³-hybridized carbons (Fsp3) is 0.182. The number of methoxy groups -OCH3 is 2. The number of aromatic amines is 1. The Hall–Kier alpha value is -1.76. The highest BCUT2D eigenvalue weighted by Gasteiger charge is 2.22. The molecule has 0 aliphatic heterocycles. The number of rotatable bonds is 3. The third kappa shape index (κ3) is 1.90. The van der Waals surface area contributed by atoms with Crippen molar-refractivity contribution in [2.24, 2.45) is 0 Å². The highest BCUT2D eigenvalue weighted by molar-refractivity contribution is 9.10. The van der Waals surface area contributed by atoms with Crippen molar-refractivity contribution in [3.63, 3.8) is 0 Å². The Morgan fingerprint density at radius 3 is 2.61 bits per heavy atom. The van der Waals surface area contributed by atoms with E-state index in [-0.39, 0.29) is 10.2 Å². The van der Waals surface area contributed by atoms with E-state index in [1.54, 1.807) is 0 Å². The van der Waals surface area contributed by atoms with E-state index in [1.165, 1.54) is 26.5 Å². The second kappa shape index (κ2) is 4.85. The molecule has 2 rings (SSSR count). The number of nitrogens with zero attached hydrogens (tertiary/aromatic N) is 1. The van der Waals surface area contributed by atoms with E-state index >= 15 is 0 Å². The minimum Gasteiger partial charge on any atom is -0.493 e. The zero-order valence-corrected chi connectivity index (χ0v) is 11.3. The number of H-pyrrole nitrogens is 1. The maximum absolute atomic E-state index is 13.8. The molecule has 0 saturated heterocycles. The summed E-state index contributed by atoms with van der Waals surface area (Å²) in [5, 5.41) is 6.40. The van der Waals surface area contributed by atoms with Crippen molar-refractivity contribution in [1.82, 2.24) is 10.2 Å². The summed E-state index contributed by atoms with van der Waals surface area (Å²) in [7, 11) is 2.91. The molecule has 0 aliphatic rings. The molecule has 96 valence electrons. The molecule has 5 nitrogen and oxygen atoms in total. The number of ether oxygens (including phenoxy) is 2. The first-order chi connectivity index (χ1) is 8.60. The van der Waals surface area contributed by atoms with E-state index in [4.69, 9.17) is 15.2 Å². The van der Waals surface area contributed by atoms with Crippen LogP contribution in [0.25, 0.3) is 11.1 Å². The van der Waals surface area contributed by atoms with Gasteiger partial charge in [0.1, 0.15) is 11.6 Å². The quantitative estimate of drug-likeness (QED) is 0.913. The van der Waals surface area contributed by atoms with E-state index < -0.39 is 5.82 Å². The average molecular weight is 316 g/mol. The Kier molecular flexibility index (Phi) is 3.42. The topological polar surface area (TPSA) is 73.2 Å². The summed E-state index contributed by atoms with van der Waals surface area (Å²) in [5.41, 5.74) is 6.75. The fourth-order valence-electron chi connectivity index (χ4n) is 1.68. The molecule has 18 heavy (non-hydrogen) atoms. The van der Waals surface area contributed by atoms with Crippen LogP contribution in [0.5, 0.6) is 11.5 Å². The predicted octanol–water partition coefficient (Wildman–Crippen LogP) is 2.58. The van der Waals surface area contributed by atoms with Gasteiger partial charge in [-0.05, 0) is 15.9 Å². The molecule has 0 aliphatic carbocycles. The van der Waals surface area contributed by atoms with Crippen molar-refractivity contribution in [3.05, 3.63) is 22.6 Å². The third-order valence-corrected chi connectivity index (χ3v) is 3.28. The largest absolute Gasteiger partial charge is 0.493 e. The van der Waals surface area contributed by atoms with Gasteiger partial charge in [0.25, 0.3) is 0 Å². The van der Waals surface area contributed by atoms with E-state index in [9.17, 15) is 4.39 Å². The predicted molar refractivity (Wildman–Crippen MR) is 69.2 cm³/mol. The third-order valence-electron chi connectivity index (χ3n) is 2.50. The lowest BCUT2D eigenvalue weighted by Crippen LogP contribution is -1.98. The van der Waals surface area contributed by atoms with Crippen LogP contribution in [0.2, 0.25) is 0 Å². The van der Waals surface area contributed by atoms with E-state index in [1.807, 2.05) is 0 Å². The molecule has 1 aromatic heterocycles.